The van der Waals surface area contributed by atoms with Crippen LogP contribution in [-0.4, -0.2) is 32.8 Å². The Morgan fingerprint density at radius 1 is 1.50 bits per heavy atom. The molecule has 0 aromatic heterocycles. The Morgan fingerprint density at radius 2 is 2.00 bits per heavy atom. The molecule has 0 fully saturated rings. The second-order valence-corrected chi connectivity index (χ2v) is 7.74. The molecule has 1 unspecified atom stereocenters. The third kappa shape index (κ3) is 6.19. The van der Waals surface area contributed by atoms with Crippen molar-refractivity contribution >= 4 is 8.32 Å². The average Bonchev–Trinajstić information content (AvgIpc) is 1.81. The van der Waals surface area contributed by atoms with Crippen LogP contribution >= 0.6 is 0 Å². The molecule has 1 atom stereocenters. The molecule has 4 heteroatoms. The maximum Gasteiger partial charge on any atom is 0.183 e. The zero-order valence-electron chi connectivity index (χ0n) is 6.72. The fourth-order valence-electron chi connectivity index (χ4n) is 0.391. The molecule has 0 radical (unpaired) electrons. The van der Waals surface area contributed by atoms with Crippen LogP contribution in [0.1, 0.15) is 0 Å². The normalized spacial score (nSPS) is 15.3. The molecule has 0 aliphatic rings. The topological polar surface area (TPSA) is 29.5 Å². The first-order valence-electron chi connectivity index (χ1n) is 3.33. The SMILES string of the molecule is C[Si](C)(C)OCC(O)CF. The Morgan fingerprint density at radius 3 is 2.30 bits per heavy atom. The van der Waals surface area contributed by atoms with Gasteiger partial charge < -0.3 is 9.53 Å². The Labute approximate surface area is 62.1 Å². The van der Waals surface area contributed by atoms with Crippen molar-refractivity contribution in [3.8, 4) is 0 Å². The van der Waals surface area contributed by atoms with Crippen molar-refractivity contribution in [2.75, 3.05) is 13.3 Å². The molecule has 62 valence electrons. The van der Waals surface area contributed by atoms with Gasteiger partial charge in [-0.2, -0.15) is 0 Å². The van der Waals surface area contributed by atoms with Crippen molar-refractivity contribution in [2.24, 2.45) is 0 Å². The molecule has 0 bridgehead atoms. The first-order valence-corrected chi connectivity index (χ1v) is 6.74. The summed E-state index contributed by atoms with van der Waals surface area (Å²) in [5, 5.41) is 8.74. The predicted molar refractivity (Wildman–Crippen MR) is 41.3 cm³/mol. The quantitative estimate of drug-likeness (QED) is 0.635. The second kappa shape index (κ2) is 4.05. The summed E-state index contributed by atoms with van der Waals surface area (Å²) in [6.07, 6.45) is -0.938. The Balaban J connectivity index is 3.36. The molecule has 0 aromatic rings. The maximum atomic E-state index is 11.6. The van der Waals surface area contributed by atoms with E-state index in [1.165, 1.54) is 0 Å². The van der Waals surface area contributed by atoms with Crippen molar-refractivity contribution < 1.29 is 13.9 Å². The van der Waals surface area contributed by atoms with E-state index in [4.69, 9.17) is 9.53 Å². The lowest BCUT2D eigenvalue weighted by molar-refractivity contribution is 0.0812. The number of hydrogen-bond donors (Lipinski definition) is 1. The molecule has 0 aromatic carbocycles. The number of hydrogen-bond acceptors (Lipinski definition) is 2. The van der Waals surface area contributed by atoms with Gasteiger partial charge in [0.05, 0.1) is 6.61 Å². The van der Waals surface area contributed by atoms with Gasteiger partial charge in [-0.15, -0.1) is 0 Å². The van der Waals surface area contributed by atoms with E-state index >= 15 is 0 Å². The van der Waals surface area contributed by atoms with E-state index in [-0.39, 0.29) is 6.61 Å². The summed E-state index contributed by atoms with van der Waals surface area (Å²) >= 11 is 0. The van der Waals surface area contributed by atoms with Gasteiger partial charge in [-0.05, 0) is 19.6 Å². The predicted octanol–water partition coefficient (Wildman–Crippen LogP) is 1.17. The molecule has 10 heavy (non-hydrogen) atoms. The highest BCUT2D eigenvalue weighted by molar-refractivity contribution is 6.69. The van der Waals surface area contributed by atoms with Crippen LogP contribution in [0, 0.1) is 0 Å². The van der Waals surface area contributed by atoms with Crippen LogP contribution in [0.15, 0.2) is 0 Å². The van der Waals surface area contributed by atoms with Gasteiger partial charge in [0.2, 0.25) is 0 Å². The number of halogens is 1. The minimum atomic E-state index is -1.56. The van der Waals surface area contributed by atoms with Gasteiger partial charge in [0.25, 0.3) is 0 Å². The van der Waals surface area contributed by atoms with Gasteiger partial charge in [0.15, 0.2) is 8.32 Å². The smallest absolute Gasteiger partial charge is 0.183 e. The number of aliphatic hydroxyl groups is 1. The third-order valence-electron chi connectivity index (χ3n) is 0.887. The minimum Gasteiger partial charge on any atom is -0.415 e. The van der Waals surface area contributed by atoms with E-state index in [1.807, 2.05) is 19.6 Å². The fraction of sp³-hybridized carbons (Fsp3) is 1.00. The summed E-state index contributed by atoms with van der Waals surface area (Å²) in [5.74, 6) is 0. The zero-order chi connectivity index (χ0) is 8.20. The molecule has 0 saturated heterocycles. The largest absolute Gasteiger partial charge is 0.415 e. The van der Waals surface area contributed by atoms with Gasteiger partial charge in [-0.25, -0.2) is 4.39 Å². The Kier molecular flexibility index (Phi) is 4.08. The number of alkyl halides is 1. The highest BCUT2D eigenvalue weighted by atomic mass is 28.4. The van der Waals surface area contributed by atoms with Crippen LogP contribution in [0.3, 0.4) is 0 Å². The van der Waals surface area contributed by atoms with Crippen molar-refractivity contribution in [3.63, 3.8) is 0 Å². The van der Waals surface area contributed by atoms with Crippen LogP contribution in [-0.2, 0) is 4.43 Å². The van der Waals surface area contributed by atoms with Crippen LogP contribution in [0.25, 0.3) is 0 Å². The maximum absolute atomic E-state index is 11.6. The number of rotatable bonds is 4. The van der Waals surface area contributed by atoms with Gasteiger partial charge >= 0.3 is 0 Å². The van der Waals surface area contributed by atoms with Crippen molar-refractivity contribution in [3.05, 3.63) is 0 Å². The number of aliphatic hydroxyl groups excluding tert-OH is 1. The summed E-state index contributed by atoms with van der Waals surface area (Å²) in [7, 11) is -1.56. The van der Waals surface area contributed by atoms with Crippen LogP contribution in [0.4, 0.5) is 4.39 Å². The lowest BCUT2D eigenvalue weighted by Crippen LogP contribution is -2.31. The molecule has 0 aliphatic carbocycles. The Bertz CT molecular complexity index is 92.2. The lowest BCUT2D eigenvalue weighted by Gasteiger charge is -2.18. The Hall–Kier alpha value is 0.0669. The van der Waals surface area contributed by atoms with Crippen molar-refractivity contribution in [1.29, 1.82) is 0 Å². The molecule has 1 N–H and O–H groups in total. The molecular formula is C6H15FO2Si. The van der Waals surface area contributed by atoms with Gasteiger partial charge in [0, 0.05) is 0 Å². The highest BCUT2D eigenvalue weighted by Gasteiger charge is 2.15. The highest BCUT2D eigenvalue weighted by Crippen LogP contribution is 2.02. The first-order chi connectivity index (χ1) is 4.45. The van der Waals surface area contributed by atoms with Gasteiger partial charge in [-0.3, -0.25) is 0 Å². The summed E-state index contributed by atoms with van der Waals surface area (Å²) < 4.78 is 16.9. The van der Waals surface area contributed by atoms with Crippen LogP contribution < -0.4 is 0 Å². The minimum absolute atomic E-state index is 0.131. The monoisotopic (exact) mass is 166 g/mol. The van der Waals surface area contributed by atoms with Crippen molar-refractivity contribution in [1.82, 2.24) is 0 Å². The second-order valence-electron chi connectivity index (χ2n) is 3.23. The fourth-order valence-corrected chi connectivity index (χ4v) is 1.08. The van der Waals surface area contributed by atoms with Gasteiger partial charge in [-0.1, -0.05) is 0 Å². The molecule has 0 spiro atoms. The lowest BCUT2D eigenvalue weighted by atomic mass is 10.4. The van der Waals surface area contributed by atoms with E-state index in [1.54, 1.807) is 0 Å². The molecule has 0 aliphatic heterocycles. The van der Waals surface area contributed by atoms with E-state index in [0.29, 0.717) is 0 Å². The van der Waals surface area contributed by atoms with Gasteiger partial charge in [0.1, 0.15) is 12.8 Å². The third-order valence-corrected chi connectivity index (χ3v) is 1.92. The zero-order valence-corrected chi connectivity index (χ0v) is 7.72. The average molecular weight is 166 g/mol. The molecule has 0 rings (SSSR count). The van der Waals surface area contributed by atoms with E-state index in [0.717, 1.165) is 0 Å². The van der Waals surface area contributed by atoms with Crippen LogP contribution in [0.2, 0.25) is 19.6 Å². The molecule has 0 saturated carbocycles. The summed E-state index contributed by atoms with van der Waals surface area (Å²) in [4.78, 5) is 0. The summed E-state index contributed by atoms with van der Waals surface area (Å²) in [6.45, 7) is 5.41. The van der Waals surface area contributed by atoms with E-state index in [9.17, 15) is 4.39 Å². The standard InChI is InChI=1S/C6H15FO2Si/c1-10(2,3)9-5-6(8)4-7/h6,8H,4-5H2,1-3H3. The summed E-state index contributed by atoms with van der Waals surface area (Å²) in [5.41, 5.74) is 0. The first kappa shape index (κ1) is 10.1. The van der Waals surface area contributed by atoms with Crippen LogP contribution in [0.5, 0.6) is 0 Å². The van der Waals surface area contributed by atoms with E-state index < -0.39 is 21.1 Å². The molecule has 2 nitrogen and oxygen atoms in total. The van der Waals surface area contributed by atoms with E-state index in [2.05, 4.69) is 0 Å². The molecule has 0 heterocycles. The molecule has 0 amide bonds. The summed E-state index contributed by atoms with van der Waals surface area (Å²) in [6, 6.07) is 0. The van der Waals surface area contributed by atoms with Crippen molar-refractivity contribution in [2.45, 2.75) is 25.7 Å². The molecular weight excluding hydrogens is 151 g/mol.